The zero-order valence-corrected chi connectivity index (χ0v) is 11.8. The van der Waals surface area contributed by atoms with Gasteiger partial charge in [-0.3, -0.25) is 4.98 Å². The summed E-state index contributed by atoms with van der Waals surface area (Å²) in [4.78, 5) is 4.38. The fourth-order valence-corrected chi connectivity index (χ4v) is 2.66. The number of benzene rings is 1. The fourth-order valence-electron chi connectivity index (χ4n) is 2.49. The molecular weight excluding hydrogens is 270 g/mol. The molecular formula is C16H16ClN3. The van der Waals surface area contributed by atoms with Crippen LogP contribution in [0.5, 0.6) is 0 Å². The first-order chi connectivity index (χ1) is 9.78. The Hall–Kier alpha value is -1.84. The number of pyridine rings is 1. The van der Waals surface area contributed by atoms with Gasteiger partial charge in [0, 0.05) is 22.8 Å². The van der Waals surface area contributed by atoms with E-state index >= 15 is 0 Å². The first kappa shape index (κ1) is 13.2. The highest BCUT2D eigenvalue weighted by atomic mass is 35.5. The van der Waals surface area contributed by atoms with E-state index in [9.17, 15) is 0 Å². The third kappa shape index (κ3) is 2.55. The molecule has 3 nitrogen and oxygen atoms in total. The normalized spacial score (nSPS) is 11.1. The second-order valence-electron chi connectivity index (χ2n) is 4.80. The van der Waals surface area contributed by atoms with Crippen molar-refractivity contribution in [3.8, 4) is 0 Å². The van der Waals surface area contributed by atoms with Crippen molar-refractivity contribution >= 4 is 22.5 Å². The molecule has 3 aromatic rings. The van der Waals surface area contributed by atoms with E-state index in [0.717, 1.165) is 29.2 Å². The number of nitrogens with two attached hydrogens (primary N) is 1. The molecule has 0 spiro atoms. The molecule has 3 rings (SSSR count). The van der Waals surface area contributed by atoms with Gasteiger partial charge in [0.25, 0.3) is 0 Å². The summed E-state index contributed by atoms with van der Waals surface area (Å²) in [6, 6.07) is 11.9. The van der Waals surface area contributed by atoms with Crippen molar-refractivity contribution in [3.05, 3.63) is 65.1 Å². The summed E-state index contributed by atoms with van der Waals surface area (Å²) >= 11 is 6.13. The van der Waals surface area contributed by atoms with Crippen LogP contribution >= 0.6 is 11.6 Å². The van der Waals surface area contributed by atoms with Crippen LogP contribution in [0.2, 0.25) is 5.02 Å². The standard InChI is InChI=1S/C16H16ClN3/c17-13-4-5-15-12(6-7-18)10-20(16(15)9-13)11-14-3-1-2-8-19-14/h1-5,8-10H,6-7,11,18H2. The predicted molar refractivity (Wildman–Crippen MR) is 83.0 cm³/mol. The fraction of sp³-hybridized carbons (Fsp3) is 0.188. The third-order valence-electron chi connectivity index (χ3n) is 3.40. The molecule has 102 valence electrons. The van der Waals surface area contributed by atoms with Crippen molar-refractivity contribution in [2.45, 2.75) is 13.0 Å². The molecule has 0 amide bonds. The summed E-state index contributed by atoms with van der Waals surface area (Å²) in [6.45, 7) is 1.38. The molecule has 0 aliphatic heterocycles. The molecule has 0 fully saturated rings. The Kier molecular flexibility index (Phi) is 3.72. The minimum atomic E-state index is 0.644. The summed E-state index contributed by atoms with van der Waals surface area (Å²) < 4.78 is 2.19. The summed E-state index contributed by atoms with van der Waals surface area (Å²) in [7, 11) is 0. The molecule has 0 bridgehead atoms. The highest BCUT2D eigenvalue weighted by molar-refractivity contribution is 6.31. The lowest BCUT2D eigenvalue weighted by atomic mass is 10.1. The van der Waals surface area contributed by atoms with E-state index in [1.807, 2.05) is 36.5 Å². The molecule has 1 aromatic carbocycles. The van der Waals surface area contributed by atoms with Gasteiger partial charge in [0.05, 0.1) is 17.8 Å². The van der Waals surface area contributed by atoms with E-state index in [0.29, 0.717) is 6.54 Å². The first-order valence-corrected chi connectivity index (χ1v) is 7.03. The van der Waals surface area contributed by atoms with Gasteiger partial charge in [-0.2, -0.15) is 0 Å². The largest absolute Gasteiger partial charge is 0.341 e. The minimum absolute atomic E-state index is 0.644. The average Bonchev–Trinajstić information content (AvgIpc) is 2.78. The molecule has 0 unspecified atom stereocenters. The van der Waals surface area contributed by atoms with Gasteiger partial charge >= 0.3 is 0 Å². The Morgan fingerprint density at radius 1 is 1.20 bits per heavy atom. The number of rotatable bonds is 4. The molecule has 2 heterocycles. The Morgan fingerprint density at radius 2 is 2.10 bits per heavy atom. The lowest BCUT2D eigenvalue weighted by molar-refractivity contribution is 0.800. The average molecular weight is 286 g/mol. The molecule has 0 saturated heterocycles. The van der Waals surface area contributed by atoms with Gasteiger partial charge in [-0.1, -0.05) is 23.7 Å². The van der Waals surface area contributed by atoms with Crippen molar-refractivity contribution in [1.82, 2.24) is 9.55 Å². The van der Waals surface area contributed by atoms with Gasteiger partial charge in [-0.15, -0.1) is 0 Å². The molecule has 0 saturated carbocycles. The van der Waals surface area contributed by atoms with Crippen molar-refractivity contribution in [2.75, 3.05) is 6.54 Å². The summed E-state index contributed by atoms with van der Waals surface area (Å²) in [5.74, 6) is 0. The van der Waals surface area contributed by atoms with Crippen LogP contribution in [0.15, 0.2) is 48.8 Å². The van der Waals surface area contributed by atoms with Crippen molar-refractivity contribution in [2.24, 2.45) is 5.73 Å². The van der Waals surface area contributed by atoms with Gasteiger partial charge in [0.2, 0.25) is 0 Å². The first-order valence-electron chi connectivity index (χ1n) is 6.65. The van der Waals surface area contributed by atoms with Crippen molar-refractivity contribution < 1.29 is 0 Å². The van der Waals surface area contributed by atoms with Crippen LogP contribution in [-0.4, -0.2) is 16.1 Å². The highest BCUT2D eigenvalue weighted by Crippen LogP contribution is 2.25. The number of hydrogen-bond acceptors (Lipinski definition) is 2. The Bertz CT molecular complexity index is 719. The van der Waals surface area contributed by atoms with E-state index in [-0.39, 0.29) is 0 Å². The minimum Gasteiger partial charge on any atom is -0.341 e. The number of hydrogen-bond donors (Lipinski definition) is 1. The van der Waals surface area contributed by atoms with Gasteiger partial charge in [-0.05, 0) is 42.8 Å². The summed E-state index contributed by atoms with van der Waals surface area (Å²) in [5.41, 5.74) is 9.12. The summed E-state index contributed by atoms with van der Waals surface area (Å²) in [6.07, 6.45) is 4.84. The van der Waals surface area contributed by atoms with Crippen molar-refractivity contribution in [3.63, 3.8) is 0 Å². The lowest BCUT2D eigenvalue weighted by Crippen LogP contribution is -2.02. The SMILES string of the molecule is NCCc1cn(Cc2ccccn2)c2cc(Cl)ccc12. The maximum absolute atomic E-state index is 6.13. The maximum Gasteiger partial charge on any atom is 0.0648 e. The van der Waals surface area contributed by atoms with Crippen LogP contribution < -0.4 is 5.73 Å². The predicted octanol–water partition coefficient (Wildman–Crippen LogP) is 3.24. The van der Waals surface area contributed by atoms with Gasteiger partial charge in [0.1, 0.15) is 0 Å². The molecule has 0 atom stereocenters. The maximum atomic E-state index is 6.13. The van der Waals surface area contributed by atoms with E-state index in [2.05, 4.69) is 21.8 Å². The van der Waals surface area contributed by atoms with Crippen LogP contribution in [0.25, 0.3) is 10.9 Å². The molecule has 20 heavy (non-hydrogen) atoms. The smallest absolute Gasteiger partial charge is 0.0648 e. The molecule has 2 N–H and O–H groups in total. The van der Waals surface area contributed by atoms with E-state index in [4.69, 9.17) is 17.3 Å². The second kappa shape index (κ2) is 5.65. The van der Waals surface area contributed by atoms with Crippen molar-refractivity contribution in [1.29, 1.82) is 0 Å². The zero-order chi connectivity index (χ0) is 13.9. The second-order valence-corrected chi connectivity index (χ2v) is 5.24. The zero-order valence-electron chi connectivity index (χ0n) is 11.1. The molecule has 4 heteroatoms. The molecule has 2 aromatic heterocycles. The number of halogens is 1. The molecule has 0 aliphatic rings. The van der Waals surface area contributed by atoms with Gasteiger partial charge in [0.15, 0.2) is 0 Å². The van der Waals surface area contributed by atoms with E-state index in [1.165, 1.54) is 10.9 Å². The van der Waals surface area contributed by atoms with E-state index in [1.54, 1.807) is 0 Å². The lowest BCUT2D eigenvalue weighted by Gasteiger charge is -2.04. The van der Waals surface area contributed by atoms with Crippen LogP contribution in [0, 0.1) is 0 Å². The van der Waals surface area contributed by atoms with Crippen LogP contribution in [0.3, 0.4) is 0 Å². The van der Waals surface area contributed by atoms with E-state index < -0.39 is 0 Å². The van der Waals surface area contributed by atoms with Gasteiger partial charge < -0.3 is 10.3 Å². The topological polar surface area (TPSA) is 43.8 Å². The number of nitrogens with zero attached hydrogens (tertiary/aromatic N) is 2. The van der Waals surface area contributed by atoms with Crippen LogP contribution in [-0.2, 0) is 13.0 Å². The molecule has 0 aliphatic carbocycles. The monoisotopic (exact) mass is 285 g/mol. The Labute approximate surface area is 123 Å². The van der Waals surface area contributed by atoms with Crippen LogP contribution in [0.1, 0.15) is 11.3 Å². The summed E-state index contributed by atoms with van der Waals surface area (Å²) in [5, 5.41) is 1.97. The molecule has 0 radical (unpaired) electrons. The van der Waals surface area contributed by atoms with Crippen LogP contribution in [0.4, 0.5) is 0 Å². The highest BCUT2D eigenvalue weighted by Gasteiger charge is 2.09. The quantitative estimate of drug-likeness (QED) is 0.800. The Balaban J connectivity index is 2.07. The number of fused-ring (bicyclic) bond motifs is 1. The third-order valence-corrected chi connectivity index (χ3v) is 3.63. The number of aromatic nitrogens is 2. The Morgan fingerprint density at radius 3 is 2.85 bits per heavy atom. The van der Waals surface area contributed by atoms with Gasteiger partial charge in [-0.25, -0.2) is 0 Å².